The van der Waals surface area contributed by atoms with Gasteiger partial charge in [0.1, 0.15) is 5.82 Å². The lowest BCUT2D eigenvalue weighted by Crippen LogP contribution is -1.99. The molecule has 0 spiro atoms. The Bertz CT molecular complexity index is 906. The largest absolute Gasteiger partial charge is 0.393 e. The lowest BCUT2D eigenvalue weighted by Gasteiger charge is -2.07. The van der Waals surface area contributed by atoms with Gasteiger partial charge in [-0.15, -0.1) is 10.2 Å². The van der Waals surface area contributed by atoms with Gasteiger partial charge in [0.25, 0.3) is 0 Å². The van der Waals surface area contributed by atoms with Crippen molar-refractivity contribution in [1.82, 2.24) is 25.5 Å². The number of halogens is 1. The minimum atomic E-state index is 0.330. The number of anilines is 2. The molecule has 0 unspecified atom stereocenters. The van der Waals surface area contributed by atoms with Crippen molar-refractivity contribution in [1.29, 1.82) is 5.41 Å². The number of aromatic nitrogens is 4. The molecule has 0 aliphatic rings. The normalized spacial score (nSPS) is 11.3. The van der Waals surface area contributed by atoms with E-state index in [-0.39, 0.29) is 0 Å². The van der Waals surface area contributed by atoms with Gasteiger partial charge in [0.05, 0.1) is 11.0 Å². The van der Waals surface area contributed by atoms with Crippen LogP contribution < -0.4 is 10.6 Å². The molecule has 24 heavy (non-hydrogen) atoms. The van der Waals surface area contributed by atoms with E-state index in [1.54, 1.807) is 31.6 Å². The van der Waals surface area contributed by atoms with Gasteiger partial charge in [0.15, 0.2) is 11.0 Å². The molecule has 0 aromatic carbocycles. The number of fused-ring (bicyclic) bond motifs is 1. The first kappa shape index (κ1) is 15.8. The number of nitrogens with zero attached hydrogens (tertiary/aromatic N) is 4. The van der Waals surface area contributed by atoms with Crippen LogP contribution in [-0.2, 0) is 0 Å². The summed E-state index contributed by atoms with van der Waals surface area (Å²) in [7, 11) is 1.78. The summed E-state index contributed by atoms with van der Waals surface area (Å²) in [6.45, 7) is 0. The molecule has 0 saturated carbocycles. The third-order valence-corrected chi connectivity index (χ3v) is 3.42. The van der Waals surface area contributed by atoms with E-state index >= 15 is 0 Å². The molecule has 3 N–H and O–H groups in total. The average molecular weight is 340 g/mol. The van der Waals surface area contributed by atoms with Crippen LogP contribution in [0.1, 0.15) is 5.56 Å². The Kier molecular flexibility index (Phi) is 4.62. The molecule has 0 fully saturated rings. The van der Waals surface area contributed by atoms with Crippen molar-refractivity contribution in [2.45, 2.75) is 0 Å². The first-order valence-corrected chi connectivity index (χ1v) is 7.49. The molecule has 3 aromatic heterocycles. The van der Waals surface area contributed by atoms with E-state index in [0.717, 1.165) is 16.7 Å². The molecule has 0 aliphatic heterocycles. The van der Waals surface area contributed by atoms with E-state index in [1.165, 1.54) is 6.21 Å². The zero-order valence-corrected chi connectivity index (χ0v) is 13.5. The number of hydrogen-bond donors (Lipinski definition) is 3. The Morgan fingerprint density at radius 3 is 2.67 bits per heavy atom. The van der Waals surface area contributed by atoms with Crippen LogP contribution >= 0.6 is 11.6 Å². The van der Waals surface area contributed by atoms with Crippen LogP contribution in [0.4, 0.5) is 11.6 Å². The molecule has 0 amide bonds. The van der Waals surface area contributed by atoms with Crippen LogP contribution in [0.3, 0.4) is 0 Å². The summed E-state index contributed by atoms with van der Waals surface area (Å²) in [4.78, 5) is 8.92. The van der Waals surface area contributed by atoms with Crippen molar-refractivity contribution in [2.24, 2.45) is 0 Å². The Labute approximate surface area is 143 Å². The second-order valence-electron chi connectivity index (χ2n) is 4.86. The van der Waals surface area contributed by atoms with Crippen LogP contribution in [0.2, 0.25) is 5.15 Å². The van der Waals surface area contributed by atoms with E-state index in [4.69, 9.17) is 17.0 Å². The maximum Gasteiger partial charge on any atom is 0.154 e. The first-order valence-electron chi connectivity index (χ1n) is 7.11. The molecule has 3 aromatic rings. The average Bonchev–Trinajstić information content (AvgIpc) is 2.61. The van der Waals surface area contributed by atoms with Gasteiger partial charge < -0.3 is 16.0 Å². The van der Waals surface area contributed by atoms with Crippen LogP contribution in [0.5, 0.6) is 0 Å². The molecule has 0 aliphatic carbocycles. The Hall–Kier alpha value is -3.06. The van der Waals surface area contributed by atoms with Crippen molar-refractivity contribution >= 4 is 46.1 Å². The third kappa shape index (κ3) is 3.47. The van der Waals surface area contributed by atoms with Crippen LogP contribution in [0.25, 0.3) is 16.6 Å². The fourth-order valence-corrected chi connectivity index (χ4v) is 2.21. The number of allylic oxidation sites excluding steroid dienone is 1. The number of rotatable bonds is 5. The van der Waals surface area contributed by atoms with Gasteiger partial charge in [0, 0.05) is 36.8 Å². The summed E-state index contributed by atoms with van der Waals surface area (Å²) in [5.74, 6) is 1.16. The minimum absolute atomic E-state index is 0.330. The van der Waals surface area contributed by atoms with Gasteiger partial charge in [-0.05, 0) is 30.3 Å². The summed E-state index contributed by atoms with van der Waals surface area (Å²) < 4.78 is 0. The summed E-state index contributed by atoms with van der Waals surface area (Å²) in [5.41, 5.74) is 3.00. The highest BCUT2D eigenvalue weighted by atomic mass is 35.5. The van der Waals surface area contributed by atoms with Gasteiger partial charge >= 0.3 is 0 Å². The third-order valence-electron chi connectivity index (χ3n) is 3.21. The van der Waals surface area contributed by atoms with E-state index in [9.17, 15) is 0 Å². The van der Waals surface area contributed by atoms with Crippen molar-refractivity contribution in [3.8, 4) is 0 Å². The standard InChI is InChI=1S/C16H14ClN7/c1-19-8-11(7-18)10-6-13-12(20-9-10)2-4-15(21-13)22-16-5-3-14(17)23-24-16/h2-9,18-19H,1H3,(H,21,22,24)/b11-8+,18-7?. The quantitative estimate of drug-likeness (QED) is 0.618. The molecule has 120 valence electrons. The fourth-order valence-electron chi connectivity index (χ4n) is 2.11. The maximum atomic E-state index is 7.50. The SMILES string of the molecule is CN/C=C(\C=N)c1cnc2ccc(Nc3ccc(Cl)nn3)nc2c1. The lowest BCUT2D eigenvalue weighted by molar-refractivity contribution is 1.03. The summed E-state index contributed by atoms with van der Waals surface area (Å²) in [5, 5.41) is 21.5. The molecule has 0 bridgehead atoms. The van der Waals surface area contributed by atoms with Crippen molar-refractivity contribution < 1.29 is 0 Å². The molecule has 8 heteroatoms. The minimum Gasteiger partial charge on any atom is -0.393 e. The first-order chi connectivity index (χ1) is 11.7. The molecule has 3 heterocycles. The molecule has 0 atom stereocenters. The Balaban J connectivity index is 1.95. The smallest absolute Gasteiger partial charge is 0.154 e. The maximum absolute atomic E-state index is 7.50. The molecule has 0 saturated heterocycles. The molecule has 0 radical (unpaired) electrons. The molecular formula is C16H14ClN7. The molecule has 3 rings (SSSR count). The Morgan fingerprint density at radius 2 is 1.96 bits per heavy atom. The van der Waals surface area contributed by atoms with E-state index in [0.29, 0.717) is 22.3 Å². The summed E-state index contributed by atoms with van der Waals surface area (Å²) >= 11 is 5.73. The van der Waals surface area contributed by atoms with Crippen LogP contribution in [0, 0.1) is 5.41 Å². The van der Waals surface area contributed by atoms with Crippen LogP contribution in [0.15, 0.2) is 42.7 Å². The number of nitrogens with one attached hydrogen (secondary N) is 3. The predicted molar refractivity (Wildman–Crippen MR) is 95.7 cm³/mol. The van der Waals surface area contributed by atoms with Gasteiger partial charge in [-0.3, -0.25) is 4.98 Å². The van der Waals surface area contributed by atoms with Crippen molar-refractivity contribution in [3.63, 3.8) is 0 Å². The molecular weight excluding hydrogens is 326 g/mol. The van der Waals surface area contributed by atoms with Crippen molar-refractivity contribution in [2.75, 3.05) is 12.4 Å². The monoisotopic (exact) mass is 339 g/mol. The second kappa shape index (κ2) is 7.01. The number of pyridine rings is 2. The number of hydrogen-bond acceptors (Lipinski definition) is 7. The second-order valence-corrected chi connectivity index (χ2v) is 5.24. The van der Waals surface area contributed by atoms with E-state index in [2.05, 4.69) is 30.8 Å². The van der Waals surface area contributed by atoms with Gasteiger partial charge in [-0.25, -0.2) is 4.98 Å². The zero-order chi connectivity index (χ0) is 16.9. The topological polar surface area (TPSA) is 99.5 Å². The highest BCUT2D eigenvalue weighted by Gasteiger charge is 2.05. The lowest BCUT2D eigenvalue weighted by atomic mass is 10.1. The predicted octanol–water partition coefficient (Wildman–Crippen LogP) is 3.03. The zero-order valence-electron chi connectivity index (χ0n) is 12.8. The van der Waals surface area contributed by atoms with Gasteiger partial charge in [-0.1, -0.05) is 11.6 Å². The summed E-state index contributed by atoms with van der Waals surface area (Å²) in [6.07, 6.45) is 4.72. The van der Waals surface area contributed by atoms with Gasteiger partial charge in [-0.2, -0.15) is 0 Å². The van der Waals surface area contributed by atoms with E-state index < -0.39 is 0 Å². The molecule has 7 nitrogen and oxygen atoms in total. The summed E-state index contributed by atoms with van der Waals surface area (Å²) in [6, 6.07) is 8.93. The fraction of sp³-hybridized carbons (Fsp3) is 0.0625. The Morgan fingerprint density at radius 1 is 1.12 bits per heavy atom. The van der Waals surface area contributed by atoms with E-state index in [1.807, 2.05) is 18.2 Å². The highest BCUT2D eigenvalue weighted by Crippen LogP contribution is 2.20. The van der Waals surface area contributed by atoms with Crippen LogP contribution in [-0.4, -0.2) is 33.4 Å². The highest BCUT2D eigenvalue weighted by molar-refractivity contribution is 6.29. The van der Waals surface area contributed by atoms with Crippen molar-refractivity contribution in [3.05, 3.63) is 53.4 Å². The van der Waals surface area contributed by atoms with Gasteiger partial charge in [0.2, 0.25) is 0 Å².